The van der Waals surface area contributed by atoms with Gasteiger partial charge in [0.2, 0.25) is 0 Å². The summed E-state index contributed by atoms with van der Waals surface area (Å²) >= 11 is 0. The zero-order valence-electron chi connectivity index (χ0n) is 14.8. The number of carbonyl (C=O) groups excluding carboxylic acids is 2. The van der Waals surface area contributed by atoms with E-state index in [1.807, 2.05) is 0 Å². The number of hydrogen-bond acceptors (Lipinski definition) is 5. The quantitative estimate of drug-likeness (QED) is 0.539. The smallest absolute Gasteiger partial charge is 0.334 e. The molecule has 0 aromatic carbocycles. The number of ether oxygens (including phenoxy) is 3. The van der Waals surface area contributed by atoms with Crippen molar-refractivity contribution in [1.82, 2.24) is 0 Å². The predicted molar refractivity (Wildman–Crippen MR) is 86.6 cm³/mol. The molecule has 3 fully saturated rings. The Hall–Kier alpha value is -1.46. The highest BCUT2D eigenvalue weighted by molar-refractivity contribution is 6.04. The van der Waals surface area contributed by atoms with Crippen molar-refractivity contribution in [1.29, 1.82) is 0 Å². The van der Waals surface area contributed by atoms with Gasteiger partial charge in [0.1, 0.15) is 17.8 Å². The highest BCUT2D eigenvalue weighted by Gasteiger charge is 2.91. The largest absolute Gasteiger partial charge is 0.458 e. The molecule has 0 aromatic rings. The molecule has 2 spiro atoms. The van der Waals surface area contributed by atoms with Crippen molar-refractivity contribution in [2.45, 2.75) is 63.4 Å². The van der Waals surface area contributed by atoms with Crippen LogP contribution in [0.1, 0.15) is 40.0 Å². The molecule has 5 nitrogen and oxygen atoms in total. The zero-order chi connectivity index (χ0) is 17.4. The summed E-state index contributed by atoms with van der Waals surface area (Å²) in [6.07, 6.45) is 4.25. The molecule has 2 saturated heterocycles. The number of carbonyl (C=O) groups is 2. The minimum absolute atomic E-state index is 0.0833. The lowest BCUT2D eigenvalue weighted by atomic mass is 9.48. The Morgan fingerprint density at radius 3 is 2.80 bits per heavy atom. The maximum absolute atomic E-state index is 13.0. The van der Waals surface area contributed by atoms with Gasteiger partial charge in [-0.2, -0.15) is 0 Å². The molecule has 0 aromatic heterocycles. The summed E-state index contributed by atoms with van der Waals surface area (Å²) in [5.74, 6) is 0.365. The Kier molecular flexibility index (Phi) is 2.31. The summed E-state index contributed by atoms with van der Waals surface area (Å²) in [7, 11) is 0. The third-order valence-corrected chi connectivity index (χ3v) is 7.84. The lowest BCUT2D eigenvalue weighted by Gasteiger charge is -2.51. The van der Waals surface area contributed by atoms with E-state index in [1.165, 1.54) is 0 Å². The van der Waals surface area contributed by atoms with Crippen LogP contribution in [0.25, 0.3) is 0 Å². The van der Waals surface area contributed by atoms with Crippen molar-refractivity contribution in [3.8, 4) is 0 Å². The minimum atomic E-state index is -0.548. The van der Waals surface area contributed by atoms with Crippen LogP contribution in [0, 0.1) is 17.3 Å². The molecule has 0 radical (unpaired) electrons. The van der Waals surface area contributed by atoms with E-state index < -0.39 is 11.2 Å². The van der Waals surface area contributed by atoms with E-state index in [9.17, 15) is 9.59 Å². The first-order valence-electron chi connectivity index (χ1n) is 9.37. The SMILES string of the molecule is CC(C)C1=C[C@]23O[C@H]2C[C@H]2C4=C(CC[C@]2(C)[C@@]32O[C@H]2C1=O)C(=O)OC4. The summed E-state index contributed by atoms with van der Waals surface area (Å²) < 4.78 is 17.9. The molecule has 0 amide bonds. The third kappa shape index (κ3) is 1.33. The summed E-state index contributed by atoms with van der Waals surface area (Å²) in [5, 5.41) is 0. The molecule has 1 saturated carbocycles. The van der Waals surface area contributed by atoms with E-state index in [0.717, 1.165) is 29.6 Å². The van der Waals surface area contributed by atoms with Gasteiger partial charge in [-0.3, -0.25) is 4.79 Å². The van der Waals surface area contributed by atoms with E-state index >= 15 is 0 Å². The van der Waals surface area contributed by atoms with Crippen LogP contribution >= 0.6 is 0 Å². The van der Waals surface area contributed by atoms with E-state index in [1.54, 1.807) is 0 Å². The summed E-state index contributed by atoms with van der Waals surface area (Å²) in [5.41, 5.74) is 1.69. The second kappa shape index (κ2) is 3.94. The standard InChI is InChI=1S/C20H22O5/c1-9(2)11-7-19-14(24-19)6-13-12-8-23-17(22)10(12)4-5-18(13,3)20(19)16(25-20)15(11)21/h7,9,13-14,16H,4-6,8H2,1-3H3/t13-,14-,16-,18-,19-,20+/m0/s1. The van der Waals surface area contributed by atoms with Gasteiger partial charge in [0, 0.05) is 11.0 Å². The number of esters is 1. The fraction of sp³-hybridized carbons (Fsp3) is 0.700. The van der Waals surface area contributed by atoms with Gasteiger partial charge in [0.05, 0.1) is 6.10 Å². The minimum Gasteiger partial charge on any atom is -0.458 e. The molecule has 132 valence electrons. The summed E-state index contributed by atoms with van der Waals surface area (Å²) in [6, 6.07) is 0. The molecule has 6 atom stereocenters. The van der Waals surface area contributed by atoms with Crippen molar-refractivity contribution in [3.05, 3.63) is 22.8 Å². The second-order valence-corrected chi connectivity index (χ2v) is 9.04. The van der Waals surface area contributed by atoms with Crippen LogP contribution < -0.4 is 0 Å². The molecular weight excluding hydrogens is 320 g/mol. The van der Waals surface area contributed by atoms with Crippen LogP contribution in [0.3, 0.4) is 0 Å². The van der Waals surface area contributed by atoms with Gasteiger partial charge in [0.25, 0.3) is 0 Å². The molecule has 3 aliphatic carbocycles. The van der Waals surface area contributed by atoms with Crippen LogP contribution in [0.2, 0.25) is 0 Å². The monoisotopic (exact) mass is 342 g/mol. The van der Waals surface area contributed by atoms with Gasteiger partial charge in [-0.15, -0.1) is 0 Å². The van der Waals surface area contributed by atoms with Crippen molar-refractivity contribution >= 4 is 11.8 Å². The van der Waals surface area contributed by atoms with Crippen LogP contribution in [-0.4, -0.2) is 41.8 Å². The molecule has 0 unspecified atom stereocenters. The molecule has 0 bridgehead atoms. The van der Waals surface area contributed by atoms with Gasteiger partial charge in [-0.05, 0) is 48.3 Å². The maximum Gasteiger partial charge on any atom is 0.334 e. The van der Waals surface area contributed by atoms with Gasteiger partial charge in [0.15, 0.2) is 11.9 Å². The summed E-state index contributed by atoms with van der Waals surface area (Å²) in [6.45, 7) is 6.75. The van der Waals surface area contributed by atoms with Crippen molar-refractivity contribution < 1.29 is 23.8 Å². The second-order valence-electron chi connectivity index (χ2n) is 9.04. The highest BCUT2D eigenvalue weighted by Crippen LogP contribution is 2.77. The zero-order valence-corrected chi connectivity index (χ0v) is 14.8. The van der Waals surface area contributed by atoms with Crippen molar-refractivity contribution in [2.75, 3.05) is 6.61 Å². The third-order valence-electron chi connectivity index (χ3n) is 7.84. The van der Waals surface area contributed by atoms with Crippen LogP contribution in [0.5, 0.6) is 0 Å². The molecule has 5 heteroatoms. The Bertz CT molecular complexity index is 822. The molecule has 25 heavy (non-hydrogen) atoms. The van der Waals surface area contributed by atoms with E-state index in [-0.39, 0.29) is 41.2 Å². The summed E-state index contributed by atoms with van der Waals surface area (Å²) in [4.78, 5) is 25.0. The van der Waals surface area contributed by atoms with Crippen LogP contribution in [0.15, 0.2) is 22.8 Å². The lowest BCUT2D eigenvalue weighted by Crippen LogP contribution is -2.60. The Morgan fingerprint density at radius 2 is 2.04 bits per heavy atom. The molecule has 6 aliphatic rings. The number of rotatable bonds is 1. The van der Waals surface area contributed by atoms with Gasteiger partial charge in [-0.1, -0.05) is 20.8 Å². The predicted octanol–water partition coefficient (Wildman–Crippen LogP) is 2.10. The molecule has 3 aliphatic heterocycles. The van der Waals surface area contributed by atoms with Gasteiger partial charge in [-0.25, -0.2) is 4.79 Å². The fourth-order valence-electron chi connectivity index (χ4n) is 6.48. The maximum atomic E-state index is 13.0. The van der Waals surface area contributed by atoms with Gasteiger partial charge < -0.3 is 14.2 Å². The molecule has 0 N–H and O–H groups in total. The number of Topliss-reactive ketones (excluding diaryl/α,β-unsaturated/α-hetero) is 1. The first kappa shape index (κ1) is 14.7. The van der Waals surface area contributed by atoms with Crippen molar-refractivity contribution in [3.63, 3.8) is 0 Å². The van der Waals surface area contributed by atoms with E-state index in [2.05, 4.69) is 26.8 Å². The average molecular weight is 342 g/mol. The highest BCUT2D eigenvalue weighted by atomic mass is 16.7. The fourth-order valence-corrected chi connectivity index (χ4v) is 6.48. The number of ketones is 1. The Labute approximate surface area is 146 Å². The Balaban J connectivity index is 1.52. The average Bonchev–Trinajstić information content (AvgIpc) is 3.44. The first-order chi connectivity index (χ1) is 11.9. The Morgan fingerprint density at radius 1 is 1.24 bits per heavy atom. The van der Waals surface area contributed by atoms with Crippen LogP contribution in [0.4, 0.5) is 0 Å². The number of hydrogen-bond donors (Lipinski definition) is 0. The van der Waals surface area contributed by atoms with Crippen molar-refractivity contribution in [2.24, 2.45) is 17.3 Å². The molecular formula is C20H22O5. The lowest BCUT2D eigenvalue weighted by molar-refractivity contribution is -0.136. The normalized spacial score (nSPS) is 51.8. The molecule has 6 rings (SSSR count). The first-order valence-corrected chi connectivity index (χ1v) is 9.37. The topological polar surface area (TPSA) is 68.4 Å². The number of epoxide rings is 2. The number of cyclic esters (lactones) is 1. The van der Waals surface area contributed by atoms with E-state index in [4.69, 9.17) is 14.2 Å². The van der Waals surface area contributed by atoms with Gasteiger partial charge >= 0.3 is 5.97 Å². The van der Waals surface area contributed by atoms with E-state index in [0.29, 0.717) is 13.0 Å². The molecule has 3 heterocycles. The number of fused-ring (bicyclic) bond motifs is 2. The van der Waals surface area contributed by atoms with Crippen LogP contribution in [-0.2, 0) is 23.8 Å².